The molecule has 1 atom stereocenters. The summed E-state index contributed by atoms with van der Waals surface area (Å²) in [7, 11) is 0. The fraction of sp³-hybridized carbons (Fsp3) is 0.462. The standard InChI is InChI=1S/C13H17F3N2O/c1-2-11(17)8-18-12(19)7-9-3-5-10(6-4-9)13(14,15)16/h3-6,11H,2,7-8,17H2,1H3,(H,18,19). The van der Waals surface area contributed by atoms with Crippen LogP contribution in [-0.2, 0) is 17.4 Å². The quantitative estimate of drug-likeness (QED) is 0.864. The molecule has 0 spiro atoms. The number of amides is 1. The maximum atomic E-state index is 12.3. The largest absolute Gasteiger partial charge is 0.416 e. The smallest absolute Gasteiger partial charge is 0.354 e. The van der Waals surface area contributed by atoms with Gasteiger partial charge in [-0.2, -0.15) is 13.2 Å². The van der Waals surface area contributed by atoms with Gasteiger partial charge in [-0.1, -0.05) is 19.1 Å². The summed E-state index contributed by atoms with van der Waals surface area (Å²) in [5, 5.41) is 2.64. The van der Waals surface area contributed by atoms with E-state index in [1.165, 1.54) is 12.1 Å². The van der Waals surface area contributed by atoms with Gasteiger partial charge in [0.25, 0.3) is 0 Å². The predicted octanol–water partition coefficient (Wildman–Crippen LogP) is 2.10. The molecule has 0 aliphatic carbocycles. The molecule has 0 aliphatic heterocycles. The second kappa shape index (κ2) is 6.56. The van der Waals surface area contributed by atoms with Crippen molar-refractivity contribution in [3.63, 3.8) is 0 Å². The molecule has 1 amide bonds. The molecule has 1 unspecified atom stereocenters. The zero-order valence-electron chi connectivity index (χ0n) is 10.6. The maximum absolute atomic E-state index is 12.3. The van der Waals surface area contributed by atoms with Crippen LogP contribution in [0.15, 0.2) is 24.3 Å². The van der Waals surface area contributed by atoms with Crippen molar-refractivity contribution in [2.45, 2.75) is 32.0 Å². The van der Waals surface area contributed by atoms with Crippen molar-refractivity contribution in [1.29, 1.82) is 0 Å². The van der Waals surface area contributed by atoms with Gasteiger partial charge in [-0.25, -0.2) is 0 Å². The monoisotopic (exact) mass is 274 g/mol. The summed E-state index contributed by atoms with van der Waals surface area (Å²) >= 11 is 0. The van der Waals surface area contributed by atoms with Crippen LogP contribution in [0, 0.1) is 0 Å². The molecule has 0 bridgehead atoms. The van der Waals surface area contributed by atoms with Crippen molar-refractivity contribution >= 4 is 5.91 Å². The SMILES string of the molecule is CCC(N)CNC(=O)Cc1ccc(C(F)(F)F)cc1. The number of hydrogen-bond donors (Lipinski definition) is 2. The minimum absolute atomic E-state index is 0.0502. The van der Waals surface area contributed by atoms with Crippen molar-refractivity contribution in [2.24, 2.45) is 5.73 Å². The summed E-state index contributed by atoms with van der Waals surface area (Å²) in [5.74, 6) is -0.247. The first-order valence-electron chi connectivity index (χ1n) is 6.01. The number of nitrogens with two attached hydrogens (primary N) is 1. The molecule has 1 aromatic carbocycles. The molecular weight excluding hydrogens is 257 g/mol. The number of nitrogens with one attached hydrogen (secondary N) is 1. The van der Waals surface area contributed by atoms with Crippen LogP contribution in [0.5, 0.6) is 0 Å². The Morgan fingerprint density at radius 1 is 1.32 bits per heavy atom. The van der Waals surface area contributed by atoms with Crippen molar-refractivity contribution in [3.05, 3.63) is 35.4 Å². The Balaban J connectivity index is 2.51. The number of hydrogen-bond acceptors (Lipinski definition) is 2. The zero-order valence-corrected chi connectivity index (χ0v) is 10.6. The lowest BCUT2D eigenvalue weighted by Gasteiger charge is -2.11. The molecule has 19 heavy (non-hydrogen) atoms. The molecular formula is C13H17F3N2O. The van der Waals surface area contributed by atoms with Gasteiger partial charge in [0.15, 0.2) is 0 Å². The average molecular weight is 274 g/mol. The Hall–Kier alpha value is -1.56. The molecule has 0 saturated carbocycles. The maximum Gasteiger partial charge on any atom is 0.416 e. The Labute approximate surface area is 110 Å². The number of carbonyl (C=O) groups excluding carboxylic acids is 1. The highest BCUT2D eigenvalue weighted by Crippen LogP contribution is 2.29. The minimum Gasteiger partial charge on any atom is -0.354 e. The van der Waals surface area contributed by atoms with E-state index < -0.39 is 11.7 Å². The van der Waals surface area contributed by atoms with Crippen molar-refractivity contribution < 1.29 is 18.0 Å². The van der Waals surface area contributed by atoms with Crippen LogP contribution in [-0.4, -0.2) is 18.5 Å². The fourth-order valence-electron chi connectivity index (χ4n) is 1.45. The fourth-order valence-corrected chi connectivity index (χ4v) is 1.45. The van der Waals surface area contributed by atoms with Crippen molar-refractivity contribution in [2.75, 3.05) is 6.54 Å². The summed E-state index contributed by atoms with van der Waals surface area (Å²) in [4.78, 5) is 11.5. The highest BCUT2D eigenvalue weighted by Gasteiger charge is 2.29. The van der Waals surface area contributed by atoms with Crippen LogP contribution < -0.4 is 11.1 Å². The van der Waals surface area contributed by atoms with Gasteiger partial charge in [-0.3, -0.25) is 4.79 Å². The van der Waals surface area contributed by atoms with E-state index in [9.17, 15) is 18.0 Å². The molecule has 0 saturated heterocycles. The van der Waals surface area contributed by atoms with E-state index in [2.05, 4.69) is 5.32 Å². The van der Waals surface area contributed by atoms with Crippen LogP contribution in [0.3, 0.4) is 0 Å². The van der Waals surface area contributed by atoms with Crippen LogP contribution >= 0.6 is 0 Å². The molecule has 6 heteroatoms. The third-order valence-electron chi connectivity index (χ3n) is 2.73. The van der Waals surface area contributed by atoms with Crippen LogP contribution in [0.2, 0.25) is 0 Å². The molecule has 1 rings (SSSR count). The number of rotatable bonds is 5. The van der Waals surface area contributed by atoms with Gasteiger partial charge in [-0.15, -0.1) is 0 Å². The lowest BCUT2D eigenvalue weighted by molar-refractivity contribution is -0.137. The Morgan fingerprint density at radius 3 is 2.37 bits per heavy atom. The van der Waals surface area contributed by atoms with E-state index in [4.69, 9.17) is 5.73 Å². The minimum atomic E-state index is -4.35. The highest BCUT2D eigenvalue weighted by molar-refractivity contribution is 5.78. The first-order chi connectivity index (χ1) is 8.82. The van der Waals surface area contributed by atoms with E-state index in [-0.39, 0.29) is 18.4 Å². The first-order valence-corrected chi connectivity index (χ1v) is 6.01. The molecule has 0 radical (unpaired) electrons. The van der Waals surface area contributed by atoms with Gasteiger partial charge in [0.05, 0.1) is 12.0 Å². The number of benzene rings is 1. The summed E-state index contributed by atoms with van der Waals surface area (Å²) in [6.45, 7) is 2.28. The third kappa shape index (κ3) is 5.30. The van der Waals surface area contributed by atoms with Crippen molar-refractivity contribution in [3.8, 4) is 0 Å². The molecule has 0 fully saturated rings. The molecule has 3 nitrogen and oxygen atoms in total. The van der Waals surface area contributed by atoms with E-state index in [0.29, 0.717) is 12.1 Å². The summed E-state index contributed by atoms with van der Waals surface area (Å²) < 4.78 is 37.0. The lowest BCUT2D eigenvalue weighted by Crippen LogP contribution is -2.37. The summed E-state index contributed by atoms with van der Waals surface area (Å²) in [6, 6.07) is 4.46. The highest BCUT2D eigenvalue weighted by atomic mass is 19.4. The summed E-state index contributed by atoms with van der Waals surface area (Å²) in [5.41, 5.74) is 5.46. The van der Waals surface area contributed by atoms with Gasteiger partial charge >= 0.3 is 6.18 Å². The van der Waals surface area contributed by atoms with E-state index >= 15 is 0 Å². The van der Waals surface area contributed by atoms with Crippen LogP contribution in [0.4, 0.5) is 13.2 Å². The summed E-state index contributed by atoms with van der Waals surface area (Å²) in [6.07, 6.45) is -3.55. The number of carbonyl (C=O) groups is 1. The second-order valence-corrected chi connectivity index (χ2v) is 4.34. The molecule has 1 aromatic rings. The molecule has 3 N–H and O–H groups in total. The van der Waals surface area contributed by atoms with Gasteiger partial charge < -0.3 is 11.1 Å². The first kappa shape index (κ1) is 15.5. The Bertz CT molecular complexity index is 415. The van der Waals surface area contributed by atoms with E-state index in [1.807, 2.05) is 6.92 Å². The van der Waals surface area contributed by atoms with Gasteiger partial charge in [0.2, 0.25) is 5.91 Å². The molecule has 0 heterocycles. The Kier molecular flexibility index (Phi) is 5.35. The molecule has 106 valence electrons. The predicted molar refractivity (Wildman–Crippen MR) is 66.4 cm³/mol. The number of alkyl halides is 3. The van der Waals surface area contributed by atoms with E-state index in [1.54, 1.807) is 0 Å². The average Bonchev–Trinajstić information content (AvgIpc) is 2.35. The topological polar surface area (TPSA) is 55.1 Å². The molecule has 0 aromatic heterocycles. The lowest BCUT2D eigenvalue weighted by atomic mass is 10.1. The normalized spacial score (nSPS) is 13.1. The Morgan fingerprint density at radius 2 is 1.89 bits per heavy atom. The number of halogens is 3. The molecule has 0 aliphatic rings. The van der Waals surface area contributed by atoms with Gasteiger partial charge in [0.1, 0.15) is 0 Å². The van der Waals surface area contributed by atoms with Crippen molar-refractivity contribution in [1.82, 2.24) is 5.32 Å². The van der Waals surface area contributed by atoms with Gasteiger partial charge in [0, 0.05) is 12.6 Å². The second-order valence-electron chi connectivity index (χ2n) is 4.34. The van der Waals surface area contributed by atoms with Crippen LogP contribution in [0.25, 0.3) is 0 Å². The van der Waals surface area contributed by atoms with Crippen LogP contribution in [0.1, 0.15) is 24.5 Å². The third-order valence-corrected chi connectivity index (χ3v) is 2.73. The zero-order chi connectivity index (χ0) is 14.5. The van der Waals surface area contributed by atoms with Gasteiger partial charge in [-0.05, 0) is 24.1 Å². The van der Waals surface area contributed by atoms with E-state index in [0.717, 1.165) is 18.6 Å².